The molecule has 3 aromatic carbocycles. The van der Waals surface area contributed by atoms with Crippen molar-refractivity contribution < 1.29 is 27.5 Å². The lowest BCUT2D eigenvalue weighted by Gasteiger charge is -2.32. The molecule has 1 N–H and O–H groups in total. The SMILES string of the molecule is COc1ccc(S(=O)(=O)N(CC(=O)N(Cc2cccc(C)c2)[C@H](C)C(=O)NC(C)C)c2ccccc2OC)cc1. The van der Waals surface area contributed by atoms with Crippen LogP contribution in [0.2, 0.25) is 0 Å². The first-order chi connectivity index (χ1) is 19.0. The lowest BCUT2D eigenvalue weighted by molar-refractivity contribution is -0.139. The highest BCUT2D eigenvalue weighted by Gasteiger charge is 2.34. The van der Waals surface area contributed by atoms with Gasteiger partial charge in [0, 0.05) is 12.6 Å². The van der Waals surface area contributed by atoms with E-state index in [4.69, 9.17) is 9.47 Å². The second kappa shape index (κ2) is 13.3. The molecule has 0 aliphatic heterocycles. The lowest BCUT2D eigenvalue weighted by atomic mass is 10.1. The summed E-state index contributed by atoms with van der Waals surface area (Å²) in [6.07, 6.45) is 0. The van der Waals surface area contributed by atoms with Crippen molar-refractivity contribution in [2.75, 3.05) is 25.1 Å². The van der Waals surface area contributed by atoms with Crippen LogP contribution in [-0.4, -0.2) is 58.0 Å². The first-order valence-corrected chi connectivity index (χ1v) is 14.4. The quantitative estimate of drug-likeness (QED) is 0.353. The van der Waals surface area contributed by atoms with E-state index >= 15 is 0 Å². The van der Waals surface area contributed by atoms with E-state index in [1.54, 1.807) is 31.2 Å². The van der Waals surface area contributed by atoms with Crippen molar-refractivity contribution in [1.82, 2.24) is 10.2 Å². The van der Waals surface area contributed by atoms with E-state index in [1.165, 1.54) is 43.4 Å². The van der Waals surface area contributed by atoms with Crippen LogP contribution in [0, 0.1) is 6.92 Å². The summed E-state index contributed by atoms with van der Waals surface area (Å²) in [5, 5.41) is 2.85. The van der Waals surface area contributed by atoms with Crippen LogP contribution < -0.4 is 19.1 Å². The number of hydrogen-bond donors (Lipinski definition) is 1. The smallest absolute Gasteiger partial charge is 0.264 e. The van der Waals surface area contributed by atoms with Gasteiger partial charge in [0.15, 0.2) is 0 Å². The second-order valence-electron chi connectivity index (χ2n) is 9.71. The first kappa shape index (κ1) is 30.5. The fraction of sp³-hybridized carbons (Fsp3) is 0.333. The number of carbonyl (C=O) groups is 2. The van der Waals surface area contributed by atoms with E-state index in [-0.39, 0.29) is 34.8 Å². The van der Waals surface area contributed by atoms with Crippen molar-refractivity contribution in [1.29, 1.82) is 0 Å². The number of anilines is 1. The number of aryl methyl sites for hydroxylation is 1. The molecule has 2 amide bonds. The molecule has 0 spiro atoms. The van der Waals surface area contributed by atoms with Gasteiger partial charge in [0.05, 0.1) is 24.8 Å². The van der Waals surface area contributed by atoms with E-state index < -0.39 is 28.5 Å². The summed E-state index contributed by atoms with van der Waals surface area (Å²) in [4.78, 5) is 28.4. The normalized spacial score (nSPS) is 12.0. The molecule has 214 valence electrons. The van der Waals surface area contributed by atoms with Crippen molar-refractivity contribution in [3.63, 3.8) is 0 Å². The number of ether oxygens (including phenoxy) is 2. The van der Waals surface area contributed by atoms with Crippen LogP contribution in [0.1, 0.15) is 31.9 Å². The summed E-state index contributed by atoms with van der Waals surface area (Å²) in [6, 6.07) is 19.1. The maximum atomic E-state index is 14.0. The molecule has 0 saturated carbocycles. The maximum Gasteiger partial charge on any atom is 0.264 e. The Bertz CT molecular complexity index is 1420. The molecule has 0 radical (unpaired) electrons. The predicted molar refractivity (Wildman–Crippen MR) is 155 cm³/mol. The Balaban J connectivity index is 2.07. The van der Waals surface area contributed by atoms with Crippen LogP contribution in [0.5, 0.6) is 11.5 Å². The van der Waals surface area contributed by atoms with Gasteiger partial charge in [-0.05, 0) is 69.7 Å². The molecular formula is C30H37N3O6S. The van der Waals surface area contributed by atoms with Crippen molar-refractivity contribution in [3.8, 4) is 11.5 Å². The fourth-order valence-electron chi connectivity index (χ4n) is 4.22. The molecule has 10 heteroatoms. The Kier molecular flexibility index (Phi) is 10.2. The molecule has 0 bridgehead atoms. The predicted octanol–water partition coefficient (Wildman–Crippen LogP) is 4.15. The van der Waals surface area contributed by atoms with Gasteiger partial charge in [0.2, 0.25) is 11.8 Å². The second-order valence-corrected chi connectivity index (χ2v) is 11.6. The third-order valence-corrected chi connectivity index (χ3v) is 8.09. The Hall–Kier alpha value is -4.05. The molecule has 9 nitrogen and oxygen atoms in total. The topological polar surface area (TPSA) is 105 Å². The molecule has 40 heavy (non-hydrogen) atoms. The number of benzene rings is 3. The summed E-state index contributed by atoms with van der Waals surface area (Å²) < 4.78 is 39.6. The number of methoxy groups -OCH3 is 2. The average Bonchev–Trinajstić information content (AvgIpc) is 2.93. The molecule has 0 fully saturated rings. The number of para-hydroxylation sites is 2. The van der Waals surface area contributed by atoms with Gasteiger partial charge in [-0.1, -0.05) is 42.0 Å². The van der Waals surface area contributed by atoms with Gasteiger partial charge >= 0.3 is 0 Å². The number of sulfonamides is 1. The minimum absolute atomic E-state index is 0.0251. The lowest BCUT2D eigenvalue weighted by Crippen LogP contribution is -2.52. The van der Waals surface area contributed by atoms with Crippen LogP contribution in [0.3, 0.4) is 0 Å². The molecule has 0 unspecified atom stereocenters. The maximum absolute atomic E-state index is 14.0. The van der Waals surface area contributed by atoms with Gasteiger partial charge < -0.3 is 19.7 Å². The standard InChI is InChI=1S/C30H37N3O6S/c1-21(2)31-30(35)23(4)32(19-24-11-9-10-22(3)18-24)29(34)20-33(27-12-7-8-13-28(27)39-6)40(36,37)26-16-14-25(38-5)15-17-26/h7-18,21,23H,19-20H2,1-6H3,(H,31,35)/t23-/m1/s1. The number of carbonyl (C=O) groups excluding carboxylic acids is 2. The van der Waals surface area contributed by atoms with Crippen molar-refractivity contribution >= 4 is 27.5 Å². The van der Waals surface area contributed by atoms with Gasteiger partial charge in [-0.2, -0.15) is 0 Å². The fourth-order valence-corrected chi connectivity index (χ4v) is 5.64. The largest absolute Gasteiger partial charge is 0.497 e. The van der Waals surface area contributed by atoms with Gasteiger partial charge in [0.1, 0.15) is 24.1 Å². The molecular weight excluding hydrogens is 530 g/mol. The van der Waals surface area contributed by atoms with E-state index in [0.29, 0.717) is 5.75 Å². The number of hydrogen-bond acceptors (Lipinski definition) is 6. The monoisotopic (exact) mass is 567 g/mol. The molecule has 0 heterocycles. The Morgan fingerprint density at radius 2 is 1.57 bits per heavy atom. The summed E-state index contributed by atoms with van der Waals surface area (Å²) in [6.45, 7) is 6.81. The number of amides is 2. The zero-order chi connectivity index (χ0) is 29.4. The van der Waals surface area contributed by atoms with Crippen LogP contribution >= 0.6 is 0 Å². The molecule has 0 aliphatic rings. The minimum Gasteiger partial charge on any atom is -0.497 e. The number of rotatable bonds is 12. The van der Waals surface area contributed by atoms with Gasteiger partial charge in [-0.3, -0.25) is 13.9 Å². The summed E-state index contributed by atoms with van der Waals surface area (Å²) in [5.74, 6) is -0.106. The molecule has 0 aromatic heterocycles. The van der Waals surface area contributed by atoms with Crippen LogP contribution in [0.4, 0.5) is 5.69 Å². The zero-order valence-electron chi connectivity index (χ0n) is 23.7. The molecule has 0 saturated heterocycles. The Morgan fingerprint density at radius 1 is 0.900 bits per heavy atom. The third-order valence-electron chi connectivity index (χ3n) is 6.31. The summed E-state index contributed by atoms with van der Waals surface area (Å²) >= 11 is 0. The van der Waals surface area contributed by atoms with Crippen molar-refractivity contribution in [2.45, 2.75) is 51.2 Å². The highest BCUT2D eigenvalue weighted by Crippen LogP contribution is 2.33. The number of nitrogens with zero attached hydrogens (tertiary/aromatic N) is 2. The van der Waals surface area contributed by atoms with E-state index in [0.717, 1.165) is 15.4 Å². The average molecular weight is 568 g/mol. The molecule has 1 atom stereocenters. The minimum atomic E-state index is -4.24. The van der Waals surface area contributed by atoms with Crippen molar-refractivity contribution in [2.24, 2.45) is 0 Å². The Labute approximate surface area is 236 Å². The summed E-state index contributed by atoms with van der Waals surface area (Å²) in [5.41, 5.74) is 2.02. The van der Waals surface area contributed by atoms with E-state index in [1.807, 2.05) is 45.0 Å². The summed E-state index contributed by atoms with van der Waals surface area (Å²) in [7, 11) is -1.31. The zero-order valence-corrected chi connectivity index (χ0v) is 24.6. The number of nitrogens with one attached hydrogen (secondary N) is 1. The van der Waals surface area contributed by atoms with Crippen LogP contribution in [0.25, 0.3) is 0 Å². The van der Waals surface area contributed by atoms with Gasteiger partial charge in [-0.15, -0.1) is 0 Å². The molecule has 3 rings (SSSR count). The van der Waals surface area contributed by atoms with Crippen LogP contribution in [0.15, 0.2) is 77.7 Å². The highest BCUT2D eigenvalue weighted by molar-refractivity contribution is 7.92. The van der Waals surface area contributed by atoms with Crippen LogP contribution in [-0.2, 0) is 26.2 Å². The first-order valence-electron chi connectivity index (χ1n) is 12.9. The highest BCUT2D eigenvalue weighted by atomic mass is 32.2. The Morgan fingerprint density at radius 3 is 2.17 bits per heavy atom. The molecule has 3 aromatic rings. The van der Waals surface area contributed by atoms with E-state index in [9.17, 15) is 18.0 Å². The van der Waals surface area contributed by atoms with Crippen molar-refractivity contribution in [3.05, 3.63) is 83.9 Å². The molecule has 0 aliphatic carbocycles. The van der Waals surface area contributed by atoms with Gasteiger partial charge in [-0.25, -0.2) is 8.42 Å². The third kappa shape index (κ3) is 7.32. The van der Waals surface area contributed by atoms with Gasteiger partial charge in [0.25, 0.3) is 10.0 Å². The van der Waals surface area contributed by atoms with E-state index in [2.05, 4.69) is 5.32 Å².